The number of methoxy groups -OCH3 is 1. The molecule has 0 aromatic heterocycles. The van der Waals surface area contributed by atoms with Gasteiger partial charge < -0.3 is 4.74 Å². The Bertz CT molecular complexity index is 203. The molecule has 56 valence electrons. The summed E-state index contributed by atoms with van der Waals surface area (Å²) in [5, 5.41) is 1.15. The van der Waals surface area contributed by atoms with Gasteiger partial charge in [0.2, 0.25) is 0 Å². The Kier molecular flexibility index (Phi) is 4.42. The van der Waals surface area contributed by atoms with Crippen LogP contribution in [0.25, 0.3) is 0 Å². The zero-order valence-corrected chi connectivity index (χ0v) is 7.67. The van der Waals surface area contributed by atoms with Crippen LogP contribution in [0.4, 0.5) is 0 Å². The molecule has 1 aromatic carbocycles. The molecule has 1 unspecified atom stereocenters. The van der Waals surface area contributed by atoms with Crippen LogP contribution in [0.15, 0.2) is 24.3 Å². The first kappa shape index (κ1) is 9.74. The number of hydrogen-bond donors (Lipinski definition) is 0. The summed E-state index contributed by atoms with van der Waals surface area (Å²) in [6.07, 6.45) is 0. The second-order valence-corrected chi connectivity index (χ2v) is 2.44. The average Bonchev–Trinajstić information content (AvgIpc) is 1.88. The lowest BCUT2D eigenvalue weighted by Gasteiger charge is -1.97. The maximum Gasteiger partial charge on any atom is 0.119 e. The summed E-state index contributed by atoms with van der Waals surface area (Å²) in [5.74, 6) is 0.905. The van der Waals surface area contributed by atoms with Crippen molar-refractivity contribution in [2.75, 3.05) is 7.11 Å². The number of rotatable bonds is 1. The Morgan fingerprint density at radius 1 is 1.40 bits per heavy atom. The van der Waals surface area contributed by atoms with Gasteiger partial charge in [-0.1, -0.05) is 12.1 Å². The summed E-state index contributed by atoms with van der Waals surface area (Å²) in [4.78, 5) is 0. The molecular weight excluding hydrogens is 167 g/mol. The van der Waals surface area contributed by atoms with Crippen molar-refractivity contribution in [2.45, 2.75) is 0 Å². The molecule has 0 saturated heterocycles. The van der Waals surface area contributed by atoms with Gasteiger partial charge in [0.25, 0.3) is 0 Å². The van der Waals surface area contributed by atoms with E-state index in [2.05, 4.69) is 9.24 Å². The fraction of sp³-hybridized carbons (Fsp3) is 0.143. The Morgan fingerprint density at radius 2 is 2.10 bits per heavy atom. The molecule has 1 rings (SSSR count). The topological polar surface area (TPSA) is 9.23 Å². The monoisotopic (exact) mass is 176 g/mol. The minimum absolute atomic E-state index is 0. The van der Waals surface area contributed by atoms with Crippen molar-refractivity contribution in [1.29, 1.82) is 0 Å². The lowest BCUT2D eigenvalue weighted by Crippen LogP contribution is -1.90. The molecule has 0 N–H and O–H groups in total. The maximum absolute atomic E-state index is 4.98. The molecule has 10 heavy (non-hydrogen) atoms. The van der Waals surface area contributed by atoms with Crippen molar-refractivity contribution in [3.63, 3.8) is 0 Å². The molecule has 0 saturated carbocycles. The summed E-state index contributed by atoms with van der Waals surface area (Å²) in [7, 11) is 4.28. The summed E-state index contributed by atoms with van der Waals surface area (Å²) in [5.41, 5.74) is 0. The number of halogens is 1. The van der Waals surface area contributed by atoms with Gasteiger partial charge in [0.05, 0.1) is 7.11 Å². The minimum Gasteiger partial charge on any atom is -0.497 e. The standard InChI is InChI=1S/C7H9OP.ClH/c1-8-6-3-2-4-7(9)5-6;/h2-5H,9H2,1H3;1H. The van der Waals surface area contributed by atoms with E-state index in [0.29, 0.717) is 0 Å². The highest BCUT2D eigenvalue weighted by molar-refractivity contribution is 7.27. The average molecular weight is 177 g/mol. The van der Waals surface area contributed by atoms with Gasteiger partial charge in [-0.2, -0.15) is 0 Å². The maximum atomic E-state index is 4.98. The summed E-state index contributed by atoms with van der Waals surface area (Å²) in [6.45, 7) is 0. The Balaban J connectivity index is 0.000000810. The van der Waals surface area contributed by atoms with E-state index in [4.69, 9.17) is 4.74 Å². The lowest BCUT2D eigenvalue weighted by atomic mass is 10.3. The number of hydrogen-bond acceptors (Lipinski definition) is 1. The summed E-state index contributed by atoms with van der Waals surface area (Å²) >= 11 is 0. The first-order valence-electron chi connectivity index (χ1n) is 2.72. The van der Waals surface area contributed by atoms with Gasteiger partial charge in [0, 0.05) is 0 Å². The van der Waals surface area contributed by atoms with E-state index < -0.39 is 0 Å². The molecule has 1 atom stereocenters. The van der Waals surface area contributed by atoms with Crippen LogP contribution in [0.2, 0.25) is 0 Å². The SMILES string of the molecule is COc1cccc(P)c1.Cl. The van der Waals surface area contributed by atoms with E-state index in [1.807, 2.05) is 24.3 Å². The smallest absolute Gasteiger partial charge is 0.119 e. The first-order valence-corrected chi connectivity index (χ1v) is 3.30. The minimum atomic E-state index is 0. The van der Waals surface area contributed by atoms with Crippen LogP contribution in [-0.2, 0) is 0 Å². The molecule has 0 aliphatic heterocycles. The van der Waals surface area contributed by atoms with Gasteiger partial charge in [-0.15, -0.1) is 21.6 Å². The molecule has 0 aliphatic rings. The lowest BCUT2D eigenvalue weighted by molar-refractivity contribution is 0.415. The predicted octanol–water partition coefficient (Wildman–Crippen LogP) is 1.62. The van der Waals surface area contributed by atoms with E-state index in [-0.39, 0.29) is 12.4 Å². The fourth-order valence-corrected chi connectivity index (χ4v) is 0.917. The third kappa shape index (κ3) is 2.55. The molecule has 1 nitrogen and oxygen atoms in total. The van der Waals surface area contributed by atoms with E-state index in [0.717, 1.165) is 11.1 Å². The fourth-order valence-electron chi connectivity index (χ4n) is 0.642. The summed E-state index contributed by atoms with van der Waals surface area (Å²) < 4.78 is 4.98. The third-order valence-electron chi connectivity index (χ3n) is 1.09. The van der Waals surface area contributed by atoms with E-state index in [1.165, 1.54) is 0 Å². The molecule has 0 heterocycles. The molecule has 0 aliphatic carbocycles. The highest BCUT2D eigenvalue weighted by Crippen LogP contribution is 2.06. The predicted molar refractivity (Wildman–Crippen MR) is 49.6 cm³/mol. The highest BCUT2D eigenvalue weighted by atomic mass is 35.5. The largest absolute Gasteiger partial charge is 0.497 e. The molecular formula is C7H10ClOP. The van der Waals surface area contributed by atoms with Crippen LogP contribution in [0.3, 0.4) is 0 Å². The van der Waals surface area contributed by atoms with Crippen LogP contribution >= 0.6 is 21.6 Å². The van der Waals surface area contributed by atoms with Gasteiger partial charge >= 0.3 is 0 Å². The van der Waals surface area contributed by atoms with Crippen molar-refractivity contribution >= 4 is 27.0 Å². The van der Waals surface area contributed by atoms with E-state index in [9.17, 15) is 0 Å². The zero-order valence-electron chi connectivity index (χ0n) is 5.70. The van der Waals surface area contributed by atoms with Gasteiger partial charge in [-0.05, 0) is 17.4 Å². The molecule has 0 radical (unpaired) electrons. The Labute approximate surface area is 69.4 Å². The Hall–Kier alpha value is -0.260. The molecule has 0 spiro atoms. The van der Waals surface area contributed by atoms with Crippen molar-refractivity contribution in [2.24, 2.45) is 0 Å². The van der Waals surface area contributed by atoms with E-state index >= 15 is 0 Å². The second-order valence-electron chi connectivity index (χ2n) is 1.78. The first-order chi connectivity index (χ1) is 4.33. The molecule has 1 aromatic rings. The highest BCUT2D eigenvalue weighted by Gasteiger charge is 1.86. The quantitative estimate of drug-likeness (QED) is 0.591. The van der Waals surface area contributed by atoms with Crippen molar-refractivity contribution < 1.29 is 4.74 Å². The Morgan fingerprint density at radius 3 is 2.50 bits per heavy atom. The molecule has 0 bridgehead atoms. The zero-order chi connectivity index (χ0) is 6.69. The van der Waals surface area contributed by atoms with Gasteiger partial charge in [-0.25, -0.2) is 0 Å². The van der Waals surface area contributed by atoms with Crippen molar-refractivity contribution in [3.05, 3.63) is 24.3 Å². The molecule has 0 fully saturated rings. The van der Waals surface area contributed by atoms with Gasteiger partial charge in [0.15, 0.2) is 0 Å². The van der Waals surface area contributed by atoms with Crippen LogP contribution in [0.5, 0.6) is 5.75 Å². The molecule has 3 heteroatoms. The van der Waals surface area contributed by atoms with Crippen LogP contribution in [-0.4, -0.2) is 7.11 Å². The number of ether oxygens (including phenoxy) is 1. The van der Waals surface area contributed by atoms with Crippen LogP contribution < -0.4 is 10.0 Å². The van der Waals surface area contributed by atoms with Crippen LogP contribution in [0, 0.1) is 0 Å². The van der Waals surface area contributed by atoms with Crippen LogP contribution in [0.1, 0.15) is 0 Å². The normalized spacial score (nSPS) is 8.20. The third-order valence-corrected chi connectivity index (χ3v) is 1.45. The van der Waals surface area contributed by atoms with Crippen molar-refractivity contribution in [3.8, 4) is 5.75 Å². The second kappa shape index (κ2) is 4.54. The van der Waals surface area contributed by atoms with E-state index in [1.54, 1.807) is 7.11 Å². The van der Waals surface area contributed by atoms with Gasteiger partial charge in [-0.3, -0.25) is 0 Å². The molecule has 0 amide bonds. The summed E-state index contributed by atoms with van der Waals surface area (Å²) in [6, 6.07) is 7.85. The number of benzene rings is 1. The van der Waals surface area contributed by atoms with Crippen molar-refractivity contribution in [1.82, 2.24) is 0 Å². The van der Waals surface area contributed by atoms with Gasteiger partial charge in [0.1, 0.15) is 5.75 Å².